The van der Waals surface area contributed by atoms with Gasteiger partial charge in [0.05, 0.1) is 5.56 Å². The first-order valence-electron chi connectivity index (χ1n) is 7.42. The topological polar surface area (TPSA) is 28.2 Å². The normalized spacial score (nSPS) is 29.6. The van der Waals surface area contributed by atoms with Crippen LogP contribution in [0.25, 0.3) is 0 Å². The first-order valence-corrected chi connectivity index (χ1v) is 7.42. The van der Waals surface area contributed by atoms with Crippen molar-refractivity contribution >= 4 is 5.82 Å². The van der Waals surface area contributed by atoms with Crippen molar-refractivity contribution in [3.63, 3.8) is 0 Å². The number of fused-ring (bicyclic) bond motifs is 2. The average molecular weight is 299 g/mol. The number of hydrogen-bond acceptors (Lipinski definition) is 3. The van der Waals surface area contributed by atoms with Crippen LogP contribution in [0.1, 0.15) is 31.2 Å². The zero-order valence-corrected chi connectivity index (χ0v) is 12.0. The smallest absolute Gasteiger partial charge is 0.370 e. The van der Waals surface area contributed by atoms with Crippen LogP contribution in [0, 0.1) is 5.92 Å². The zero-order chi connectivity index (χ0) is 15.0. The first kappa shape index (κ1) is 14.6. The van der Waals surface area contributed by atoms with Crippen LogP contribution in [-0.2, 0) is 6.18 Å². The molecule has 0 aromatic carbocycles. The molecule has 2 bridgehead atoms. The lowest BCUT2D eigenvalue weighted by Crippen LogP contribution is -2.41. The van der Waals surface area contributed by atoms with Crippen LogP contribution < -0.4 is 5.32 Å². The molecule has 2 atom stereocenters. The molecule has 0 radical (unpaired) electrons. The maximum atomic E-state index is 12.5. The maximum absolute atomic E-state index is 12.5. The molecule has 2 aliphatic heterocycles. The van der Waals surface area contributed by atoms with Crippen LogP contribution >= 0.6 is 0 Å². The van der Waals surface area contributed by atoms with Crippen molar-refractivity contribution in [1.82, 2.24) is 9.88 Å². The Balaban J connectivity index is 1.54. The number of nitrogens with zero attached hydrogens (tertiary/aromatic N) is 2. The molecular formula is C15H20F3N3. The predicted molar refractivity (Wildman–Crippen MR) is 75.0 cm³/mol. The summed E-state index contributed by atoms with van der Waals surface area (Å²) < 4.78 is 37.4. The molecule has 3 rings (SSSR count). The first-order chi connectivity index (χ1) is 9.93. The third-order valence-electron chi connectivity index (χ3n) is 4.86. The molecule has 0 aliphatic carbocycles. The van der Waals surface area contributed by atoms with Gasteiger partial charge in [0.1, 0.15) is 5.82 Å². The molecule has 0 amide bonds. The summed E-state index contributed by atoms with van der Waals surface area (Å²) in [7, 11) is 2.20. The van der Waals surface area contributed by atoms with E-state index in [9.17, 15) is 13.2 Å². The van der Waals surface area contributed by atoms with E-state index >= 15 is 0 Å². The van der Waals surface area contributed by atoms with Crippen LogP contribution in [-0.4, -0.2) is 35.6 Å². The highest BCUT2D eigenvalue weighted by molar-refractivity contribution is 5.36. The second-order valence-electron chi connectivity index (χ2n) is 6.20. The van der Waals surface area contributed by atoms with Crippen molar-refractivity contribution in [3.8, 4) is 0 Å². The van der Waals surface area contributed by atoms with Gasteiger partial charge < -0.3 is 10.2 Å². The molecule has 21 heavy (non-hydrogen) atoms. The molecule has 2 fully saturated rings. The lowest BCUT2D eigenvalue weighted by Gasteiger charge is -2.36. The number of pyridine rings is 1. The Morgan fingerprint density at radius 3 is 2.43 bits per heavy atom. The van der Waals surface area contributed by atoms with Crippen molar-refractivity contribution in [2.24, 2.45) is 5.92 Å². The van der Waals surface area contributed by atoms with E-state index < -0.39 is 11.7 Å². The summed E-state index contributed by atoms with van der Waals surface area (Å²) in [6.07, 6.45) is 1.45. The van der Waals surface area contributed by atoms with Crippen LogP contribution in [0.15, 0.2) is 18.3 Å². The van der Waals surface area contributed by atoms with Gasteiger partial charge in [0.2, 0.25) is 0 Å². The number of aromatic nitrogens is 1. The van der Waals surface area contributed by atoms with E-state index in [1.165, 1.54) is 31.7 Å². The number of halogens is 3. The maximum Gasteiger partial charge on any atom is 0.417 e. The van der Waals surface area contributed by atoms with E-state index in [0.29, 0.717) is 23.8 Å². The Bertz CT molecular complexity index is 472. The number of alkyl halides is 3. The lowest BCUT2D eigenvalue weighted by atomic mass is 9.91. The second kappa shape index (κ2) is 5.48. The van der Waals surface area contributed by atoms with E-state index in [1.807, 2.05) is 0 Å². The molecule has 2 unspecified atom stereocenters. The summed E-state index contributed by atoms with van der Waals surface area (Å²) in [5, 5.41) is 3.18. The Hall–Kier alpha value is -1.30. The molecular weight excluding hydrogens is 279 g/mol. The van der Waals surface area contributed by atoms with Crippen LogP contribution in [0.5, 0.6) is 0 Å². The van der Waals surface area contributed by atoms with Gasteiger partial charge in [0.25, 0.3) is 0 Å². The molecule has 1 aromatic heterocycles. The van der Waals surface area contributed by atoms with Crippen molar-refractivity contribution in [2.75, 3.05) is 18.9 Å². The van der Waals surface area contributed by atoms with Crippen LogP contribution in [0.2, 0.25) is 0 Å². The lowest BCUT2D eigenvalue weighted by molar-refractivity contribution is -0.137. The molecule has 6 heteroatoms. The Morgan fingerprint density at radius 2 is 1.90 bits per heavy atom. The summed E-state index contributed by atoms with van der Waals surface area (Å²) in [5.41, 5.74) is -0.703. The summed E-state index contributed by atoms with van der Waals surface area (Å²) in [6.45, 7) is 0.791. The SMILES string of the molecule is CN1C2CCC1CC(CNc1ccc(C(F)(F)F)cn1)C2. The molecule has 0 saturated carbocycles. The monoisotopic (exact) mass is 299 g/mol. The van der Waals surface area contributed by atoms with Crippen molar-refractivity contribution < 1.29 is 13.2 Å². The van der Waals surface area contributed by atoms with Gasteiger partial charge in [-0.25, -0.2) is 4.98 Å². The Kier molecular flexibility index (Phi) is 3.82. The number of piperidine rings is 1. The van der Waals surface area contributed by atoms with Gasteiger partial charge in [-0.3, -0.25) is 0 Å². The molecule has 3 heterocycles. The quantitative estimate of drug-likeness (QED) is 0.927. The van der Waals surface area contributed by atoms with Crippen LogP contribution in [0.4, 0.5) is 19.0 Å². The minimum atomic E-state index is -4.32. The summed E-state index contributed by atoms with van der Waals surface area (Å²) in [5.74, 6) is 1.11. The Labute approximate surface area is 122 Å². The molecule has 2 saturated heterocycles. The average Bonchev–Trinajstić information content (AvgIpc) is 2.66. The molecule has 1 N–H and O–H groups in total. The van der Waals surface area contributed by atoms with Gasteiger partial charge >= 0.3 is 6.18 Å². The number of nitrogens with one attached hydrogen (secondary N) is 1. The highest BCUT2D eigenvalue weighted by atomic mass is 19.4. The third-order valence-corrected chi connectivity index (χ3v) is 4.86. The fourth-order valence-electron chi connectivity index (χ4n) is 3.61. The number of hydrogen-bond donors (Lipinski definition) is 1. The summed E-state index contributed by atoms with van der Waals surface area (Å²) in [4.78, 5) is 6.34. The van der Waals surface area contributed by atoms with Crippen molar-refractivity contribution in [2.45, 2.75) is 43.9 Å². The summed E-state index contributed by atoms with van der Waals surface area (Å²) in [6, 6.07) is 3.84. The van der Waals surface area contributed by atoms with Crippen LogP contribution in [0.3, 0.4) is 0 Å². The fourth-order valence-corrected chi connectivity index (χ4v) is 3.61. The van der Waals surface area contributed by atoms with E-state index in [2.05, 4.69) is 22.2 Å². The van der Waals surface area contributed by atoms with E-state index in [0.717, 1.165) is 18.8 Å². The van der Waals surface area contributed by atoms with Gasteiger partial charge in [-0.1, -0.05) is 0 Å². The fraction of sp³-hybridized carbons (Fsp3) is 0.667. The Morgan fingerprint density at radius 1 is 1.24 bits per heavy atom. The molecule has 3 nitrogen and oxygen atoms in total. The standard InChI is InChI=1S/C15H20F3N3/c1-21-12-3-4-13(21)7-10(6-12)8-19-14-5-2-11(9-20-14)15(16,17)18/h2,5,9-10,12-13H,3-4,6-8H2,1H3,(H,19,20). The van der Waals surface area contributed by atoms with Gasteiger partial charge in [-0.05, 0) is 50.8 Å². The zero-order valence-electron chi connectivity index (χ0n) is 12.0. The van der Waals surface area contributed by atoms with Gasteiger partial charge in [0.15, 0.2) is 0 Å². The minimum absolute atomic E-state index is 0.522. The number of anilines is 1. The van der Waals surface area contributed by atoms with Crippen molar-refractivity contribution in [3.05, 3.63) is 23.9 Å². The van der Waals surface area contributed by atoms with Gasteiger partial charge in [0, 0.05) is 24.8 Å². The van der Waals surface area contributed by atoms with Gasteiger partial charge in [-0.15, -0.1) is 0 Å². The largest absolute Gasteiger partial charge is 0.417 e. The van der Waals surface area contributed by atoms with Crippen molar-refractivity contribution in [1.29, 1.82) is 0 Å². The third kappa shape index (κ3) is 3.15. The van der Waals surface area contributed by atoms with Gasteiger partial charge in [-0.2, -0.15) is 13.2 Å². The molecule has 116 valence electrons. The van der Waals surface area contributed by atoms with E-state index in [4.69, 9.17) is 0 Å². The van der Waals surface area contributed by atoms with E-state index in [1.54, 1.807) is 0 Å². The molecule has 0 spiro atoms. The minimum Gasteiger partial charge on any atom is -0.370 e. The van der Waals surface area contributed by atoms with E-state index in [-0.39, 0.29) is 0 Å². The highest BCUT2D eigenvalue weighted by Gasteiger charge is 2.38. The highest BCUT2D eigenvalue weighted by Crippen LogP contribution is 2.37. The number of rotatable bonds is 3. The molecule has 1 aromatic rings. The second-order valence-corrected chi connectivity index (χ2v) is 6.20. The molecule has 2 aliphatic rings. The summed E-state index contributed by atoms with van der Waals surface area (Å²) >= 11 is 0. The predicted octanol–water partition coefficient (Wildman–Crippen LogP) is 3.39.